The molecule has 1 fully saturated rings. The van der Waals surface area contributed by atoms with Crippen molar-refractivity contribution >= 4 is 6.03 Å². The quantitative estimate of drug-likeness (QED) is 0.904. The van der Waals surface area contributed by atoms with E-state index in [1.807, 2.05) is 38.1 Å². The molecular weight excluding hydrogens is 290 g/mol. The van der Waals surface area contributed by atoms with Crippen LogP contribution in [-0.2, 0) is 6.54 Å². The van der Waals surface area contributed by atoms with Crippen molar-refractivity contribution in [2.75, 3.05) is 0 Å². The van der Waals surface area contributed by atoms with Crippen LogP contribution < -0.4 is 10.6 Å². The lowest BCUT2D eigenvalue weighted by Gasteiger charge is -2.12. The summed E-state index contributed by atoms with van der Waals surface area (Å²) in [4.78, 5) is 16.5. The highest BCUT2D eigenvalue weighted by atomic mass is 16.4. The van der Waals surface area contributed by atoms with Gasteiger partial charge in [-0.15, -0.1) is 0 Å². The SMILES string of the molecule is Cc1ccccc1-c1nc(CNC(=O)NC2CCCC2)c(C)o1. The summed E-state index contributed by atoms with van der Waals surface area (Å²) < 4.78 is 5.76. The fourth-order valence-electron chi connectivity index (χ4n) is 2.99. The summed E-state index contributed by atoms with van der Waals surface area (Å²) in [6.07, 6.45) is 4.56. The molecule has 5 nitrogen and oxygen atoms in total. The Hall–Kier alpha value is -2.30. The second kappa shape index (κ2) is 6.86. The largest absolute Gasteiger partial charge is 0.441 e. The van der Waals surface area contributed by atoms with Crippen molar-refractivity contribution in [3.8, 4) is 11.5 Å². The number of aromatic nitrogens is 1. The van der Waals surface area contributed by atoms with E-state index in [9.17, 15) is 4.79 Å². The highest BCUT2D eigenvalue weighted by molar-refractivity contribution is 5.74. The first-order valence-corrected chi connectivity index (χ1v) is 8.20. The van der Waals surface area contributed by atoms with Gasteiger partial charge >= 0.3 is 6.03 Å². The molecule has 0 aliphatic heterocycles. The van der Waals surface area contributed by atoms with Gasteiger partial charge in [0.1, 0.15) is 11.5 Å². The Kier molecular flexibility index (Phi) is 4.65. The number of rotatable bonds is 4. The smallest absolute Gasteiger partial charge is 0.315 e. The van der Waals surface area contributed by atoms with Gasteiger partial charge in [-0.25, -0.2) is 9.78 Å². The van der Waals surface area contributed by atoms with Gasteiger partial charge in [-0.2, -0.15) is 0 Å². The molecule has 2 N–H and O–H groups in total. The van der Waals surface area contributed by atoms with Crippen LogP contribution in [0.25, 0.3) is 11.5 Å². The molecule has 2 aromatic rings. The van der Waals surface area contributed by atoms with Gasteiger partial charge in [-0.1, -0.05) is 31.0 Å². The predicted octanol–water partition coefficient (Wildman–Crippen LogP) is 3.70. The summed E-state index contributed by atoms with van der Waals surface area (Å²) in [5, 5.41) is 5.88. The minimum Gasteiger partial charge on any atom is -0.441 e. The number of amides is 2. The zero-order valence-electron chi connectivity index (χ0n) is 13.7. The summed E-state index contributed by atoms with van der Waals surface area (Å²) >= 11 is 0. The molecule has 1 aliphatic carbocycles. The molecule has 0 radical (unpaired) electrons. The first-order valence-electron chi connectivity index (χ1n) is 8.20. The lowest BCUT2D eigenvalue weighted by Crippen LogP contribution is -2.40. The number of hydrogen-bond acceptors (Lipinski definition) is 3. The Morgan fingerprint density at radius 1 is 1.26 bits per heavy atom. The van der Waals surface area contributed by atoms with Gasteiger partial charge in [0.25, 0.3) is 0 Å². The minimum atomic E-state index is -0.128. The molecule has 0 unspecified atom stereocenters. The van der Waals surface area contributed by atoms with Crippen molar-refractivity contribution in [2.24, 2.45) is 0 Å². The Bertz CT molecular complexity index is 687. The molecule has 1 aliphatic rings. The first-order chi connectivity index (χ1) is 11.1. The maximum atomic E-state index is 11.9. The van der Waals surface area contributed by atoms with E-state index in [4.69, 9.17) is 4.42 Å². The number of nitrogens with zero attached hydrogens (tertiary/aromatic N) is 1. The molecule has 5 heteroatoms. The second-order valence-corrected chi connectivity index (χ2v) is 6.15. The van der Waals surface area contributed by atoms with E-state index in [1.165, 1.54) is 12.8 Å². The predicted molar refractivity (Wildman–Crippen MR) is 89.0 cm³/mol. The normalized spacial score (nSPS) is 14.9. The summed E-state index contributed by atoms with van der Waals surface area (Å²) in [7, 11) is 0. The van der Waals surface area contributed by atoms with Crippen molar-refractivity contribution in [1.82, 2.24) is 15.6 Å². The number of oxazole rings is 1. The van der Waals surface area contributed by atoms with Gasteiger partial charge in [-0.3, -0.25) is 0 Å². The van der Waals surface area contributed by atoms with Gasteiger partial charge in [0.05, 0.1) is 6.54 Å². The highest BCUT2D eigenvalue weighted by Gasteiger charge is 2.18. The molecule has 23 heavy (non-hydrogen) atoms. The van der Waals surface area contributed by atoms with E-state index in [-0.39, 0.29) is 6.03 Å². The Balaban J connectivity index is 1.62. The molecule has 0 spiro atoms. The average Bonchev–Trinajstić information content (AvgIpc) is 3.15. The Labute approximate surface area is 136 Å². The van der Waals surface area contributed by atoms with Crippen molar-refractivity contribution in [2.45, 2.75) is 52.1 Å². The standard InChI is InChI=1S/C18H23N3O2/c1-12-7-3-6-10-15(12)17-21-16(13(2)23-17)11-19-18(22)20-14-8-4-5-9-14/h3,6-7,10,14H,4-5,8-9,11H2,1-2H3,(H2,19,20,22). The molecule has 2 amide bonds. The number of carbonyl (C=O) groups is 1. The van der Waals surface area contributed by atoms with E-state index >= 15 is 0 Å². The third kappa shape index (κ3) is 3.73. The molecular formula is C18H23N3O2. The van der Waals surface area contributed by atoms with E-state index in [0.29, 0.717) is 18.5 Å². The molecule has 1 saturated carbocycles. The van der Waals surface area contributed by atoms with E-state index < -0.39 is 0 Å². The number of aryl methyl sites for hydroxylation is 2. The molecule has 1 aromatic heterocycles. The van der Waals surface area contributed by atoms with Gasteiger partial charge in [-0.05, 0) is 38.3 Å². The third-order valence-electron chi connectivity index (χ3n) is 4.37. The zero-order chi connectivity index (χ0) is 16.2. The number of hydrogen-bond donors (Lipinski definition) is 2. The summed E-state index contributed by atoms with van der Waals surface area (Å²) in [5.74, 6) is 1.35. The van der Waals surface area contributed by atoms with Gasteiger partial charge in [0.2, 0.25) is 5.89 Å². The Morgan fingerprint density at radius 2 is 2.00 bits per heavy atom. The molecule has 0 bridgehead atoms. The molecule has 0 atom stereocenters. The van der Waals surface area contributed by atoms with Crippen LogP contribution in [0.2, 0.25) is 0 Å². The van der Waals surface area contributed by atoms with Crippen molar-refractivity contribution in [3.05, 3.63) is 41.3 Å². The fraction of sp³-hybridized carbons (Fsp3) is 0.444. The van der Waals surface area contributed by atoms with Crippen LogP contribution >= 0.6 is 0 Å². The number of urea groups is 1. The van der Waals surface area contributed by atoms with Gasteiger partial charge < -0.3 is 15.1 Å². The van der Waals surface area contributed by atoms with Gasteiger partial charge in [0, 0.05) is 11.6 Å². The van der Waals surface area contributed by atoms with E-state index in [0.717, 1.165) is 35.4 Å². The maximum absolute atomic E-state index is 11.9. The monoisotopic (exact) mass is 313 g/mol. The molecule has 122 valence electrons. The first kappa shape index (κ1) is 15.6. The van der Waals surface area contributed by atoms with E-state index in [1.54, 1.807) is 0 Å². The molecule has 1 heterocycles. The Morgan fingerprint density at radius 3 is 2.74 bits per heavy atom. The lowest BCUT2D eigenvalue weighted by molar-refractivity contribution is 0.236. The summed E-state index contributed by atoms with van der Waals surface area (Å²) in [6, 6.07) is 8.17. The molecule has 1 aromatic carbocycles. The summed E-state index contributed by atoms with van der Waals surface area (Å²) in [5.41, 5.74) is 2.87. The van der Waals surface area contributed by atoms with Crippen LogP contribution in [0.3, 0.4) is 0 Å². The minimum absolute atomic E-state index is 0.128. The second-order valence-electron chi connectivity index (χ2n) is 6.15. The van der Waals surface area contributed by atoms with Crippen LogP contribution in [0, 0.1) is 13.8 Å². The fourth-order valence-corrected chi connectivity index (χ4v) is 2.99. The molecule has 3 rings (SSSR count). The summed E-state index contributed by atoms with van der Waals surface area (Å²) in [6.45, 7) is 4.28. The van der Waals surface area contributed by atoms with Crippen LogP contribution in [0.4, 0.5) is 4.79 Å². The topological polar surface area (TPSA) is 67.2 Å². The third-order valence-corrected chi connectivity index (χ3v) is 4.37. The van der Waals surface area contributed by atoms with Crippen molar-refractivity contribution in [3.63, 3.8) is 0 Å². The van der Waals surface area contributed by atoms with Crippen LogP contribution in [0.5, 0.6) is 0 Å². The van der Waals surface area contributed by atoms with Gasteiger partial charge in [0.15, 0.2) is 0 Å². The van der Waals surface area contributed by atoms with Crippen LogP contribution in [0.15, 0.2) is 28.7 Å². The number of benzene rings is 1. The number of carbonyl (C=O) groups excluding carboxylic acids is 1. The van der Waals surface area contributed by atoms with Crippen molar-refractivity contribution < 1.29 is 9.21 Å². The lowest BCUT2D eigenvalue weighted by atomic mass is 10.1. The highest BCUT2D eigenvalue weighted by Crippen LogP contribution is 2.24. The van der Waals surface area contributed by atoms with Crippen LogP contribution in [0.1, 0.15) is 42.7 Å². The number of nitrogens with one attached hydrogen (secondary N) is 2. The van der Waals surface area contributed by atoms with Crippen LogP contribution in [-0.4, -0.2) is 17.1 Å². The maximum Gasteiger partial charge on any atom is 0.315 e. The van der Waals surface area contributed by atoms with Crippen molar-refractivity contribution in [1.29, 1.82) is 0 Å². The zero-order valence-corrected chi connectivity index (χ0v) is 13.7. The molecule has 0 saturated heterocycles. The van der Waals surface area contributed by atoms with E-state index in [2.05, 4.69) is 15.6 Å². The average molecular weight is 313 g/mol.